The summed E-state index contributed by atoms with van der Waals surface area (Å²) in [7, 11) is 0. The van der Waals surface area contributed by atoms with E-state index in [2.05, 4.69) is 20.5 Å². The van der Waals surface area contributed by atoms with Gasteiger partial charge in [0.25, 0.3) is 5.56 Å². The summed E-state index contributed by atoms with van der Waals surface area (Å²) >= 11 is 0. The topological polar surface area (TPSA) is 200 Å². The molecule has 1 amide bonds. The van der Waals surface area contributed by atoms with Gasteiger partial charge < -0.3 is 58.1 Å². The normalized spacial score (nSPS) is 30.6. The molecule has 1 aromatic heterocycles. The fourth-order valence-electron chi connectivity index (χ4n) is 7.18. The third-order valence-electron chi connectivity index (χ3n) is 9.50. The molecule has 0 unspecified atom stereocenters. The Balaban J connectivity index is 1.55. The van der Waals surface area contributed by atoms with Gasteiger partial charge in [-0.3, -0.25) is 19.1 Å². The van der Waals surface area contributed by atoms with Gasteiger partial charge in [0, 0.05) is 31.8 Å². The maximum Gasteiger partial charge on any atom is 0.407 e. The Bertz CT molecular complexity index is 1670. The maximum absolute atomic E-state index is 14.2. The number of carbonyl (C=O) groups excluding carboxylic acids is 2. The molecule has 0 saturated carbocycles. The van der Waals surface area contributed by atoms with Gasteiger partial charge in [-0.05, 0) is 68.2 Å². The average molecular weight is 780 g/mol. The van der Waals surface area contributed by atoms with Crippen LogP contribution in [0.5, 0.6) is 0 Å². The maximum atomic E-state index is 14.2. The molecule has 18 heteroatoms. The van der Waals surface area contributed by atoms with Crippen LogP contribution < -0.4 is 21.9 Å². The molecule has 3 N–H and O–H groups in total. The van der Waals surface area contributed by atoms with E-state index < -0.39 is 107 Å². The number of nitrogens with zero attached hydrogens (tertiary/aromatic N) is 2. The molecule has 5 heterocycles. The minimum absolute atomic E-state index is 0.00911. The Labute approximate surface area is 320 Å². The van der Waals surface area contributed by atoms with Crippen LogP contribution in [0.2, 0.25) is 0 Å². The lowest BCUT2D eigenvalue weighted by Crippen LogP contribution is -2.58. The molecule has 4 aliphatic heterocycles. The van der Waals surface area contributed by atoms with Crippen LogP contribution in [0.15, 0.2) is 21.9 Å². The van der Waals surface area contributed by atoms with Gasteiger partial charge in [0.2, 0.25) is 6.54 Å². The lowest BCUT2D eigenvalue weighted by molar-refractivity contribution is -0.276. The Morgan fingerprint density at radius 1 is 0.964 bits per heavy atom. The van der Waals surface area contributed by atoms with Gasteiger partial charge in [-0.15, -0.1) is 0 Å². The van der Waals surface area contributed by atoms with E-state index >= 15 is 0 Å². The van der Waals surface area contributed by atoms with Gasteiger partial charge in [-0.1, -0.05) is 13.8 Å². The first-order chi connectivity index (χ1) is 25.7. The van der Waals surface area contributed by atoms with E-state index in [-0.39, 0.29) is 19.6 Å². The van der Waals surface area contributed by atoms with Crippen LogP contribution in [-0.2, 0) is 47.4 Å². The molecular formula is C37H57N5O13. The number of carbonyl (C=O) groups is 2. The average Bonchev–Trinajstić information content (AvgIpc) is 3.79. The molecule has 5 rings (SSSR count). The number of hydrogen-bond donors (Lipinski definition) is 3. The number of esters is 1. The summed E-state index contributed by atoms with van der Waals surface area (Å²) in [5.41, 5.74) is -2.97. The Kier molecular flexibility index (Phi) is 12.9. The SMILES string of the molecule is [C-]#[N+]CCCN[C@H](C(=O)OC(C)(C)C)[C@H](O[C@@H]1O[C@H](CNC(=O)OC(C)(C)C)[C@H]2OC(CC)(CC)O[C@@H]12)[C@H]1O[C@@H](n2ccc(=O)[nH]c2=O)[C@@H]2OC(C)(C)O[C@H]12. The molecule has 10 atom stereocenters. The zero-order chi connectivity index (χ0) is 40.5. The number of nitrogens with one attached hydrogen (secondary N) is 3. The number of aromatic amines is 1. The summed E-state index contributed by atoms with van der Waals surface area (Å²) in [4.78, 5) is 57.7. The van der Waals surface area contributed by atoms with Crippen molar-refractivity contribution >= 4 is 12.1 Å². The van der Waals surface area contributed by atoms with Crippen LogP contribution in [0.25, 0.3) is 4.85 Å². The quantitative estimate of drug-likeness (QED) is 0.141. The molecular weight excluding hydrogens is 722 g/mol. The fourth-order valence-corrected chi connectivity index (χ4v) is 7.18. The molecule has 55 heavy (non-hydrogen) atoms. The molecule has 308 valence electrons. The summed E-state index contributed by atoms with van der Waals surface area (Å²) in [6.45, 7) is 25.5. The third kappa shape index (κ3) is 10.1. The van der Waals surface area contributed by atoms with Crippen molar-refractivity contribution in [1.29, 1.82) is 0 Å². The van der Waals surface area contributed by atoms with Gasteiger partial charge >= 0.3 is 17.8 Å². The highest BCUT2D eigenvalue weighted by molar-refractivity contribution is 5.77. The third-order valence-corrected chi connectivity index (χ3v) is 9.50. The van der Waals surface area contributed by atoms with E-state index in [4.69, 9.17) is 49.2 Å². The van der Waals surface area contributed by atoms with Crippen molar-refractivity contribution in [2.45, 2.75) is 173 Å². The monoisotopic (exact) mass is 779 g/mol. The minimum Gasteiger partial charge on any atom is -0.459 e. The fraction of sp³-hybridized carbons (Fsp3) is 0.811. The largest absolute Gasteiger partial charge is 0.459 e. The Morgan fingerprint density at radius 2 is 1.62 bits per heavy atom. The summed E-state index contributed by atoms with van der Waals surface area (Å²) in [5, 5.41) is 6.00. The van der Waals surface area contributed by atoms with Gasteiger partial charge in [0.15, 0.2) is 24.1 Å². The van der Waals surface area contributed by atoms with Crippen LogP contribution in [0.4, 0.5) is 4.79 Å². The summed E-state index contributed by atoms with van der Waals surface area (Å²) in [6, 6.07) is -0.0486. The number of ether oxygens (including phenoxy) is 9. The van der Waals surface area contributed by atoms with Crippen molar-refractivity contribution in [2.75, 3.05) is 19.6 Å². The standard InChI is InChI=1S/C37H57N5O13/c1-12-37(13-2)52-23-20(19-40-33(46)55-35(6,7)8)47-31(28(23)53-37)49-24(22(39-17-14-16-38-11)30(44)54-34(3,4)5)25-26-27(51-36(9,10)50-26)29(48-25)42-18-15-21(43)41-32(42)45/h15,18,20,22-29,31,39H,12-14,16-17,19H2,1-10H3,(H,40,46)(H,41,43,45)/t20-,22+,23-,24+,25-,26-,27-,28-,29-,31+/m1/s1. The van der Waals surface area contributed by atoms with E-state index in [0.29, 0.717) is 19.3 Å². The molecule has 0 aliphatic carbocycles. The van der Waals surface area contributed by atoms with E-state index in [0.717, 1.165) is 0 Å². The molecule has 0 bridgehead atoms. The number of hydrogen-bond acceptors (Lipinski definition) is 14. The van der Waals surface area contributed by atoms with Crippen molar-refractivity contribution in [3.05, 3.63) is 44.5 Å². The molecule has 18 nitrogen and oxygen atoms in total. The molecule has 0 aromatic carbocycles. The van der Waals surface area contributed by atoms with Crippen molar-refractivity contribution in [2.24, 2.45) is 0 Å². The van der Waals surface area contributed by atoms with Crippen LogP contribution in [0.1, 0.15) is 94.7 Å². The van der Waals surface area contributed by atoms with E-state index in [1.807, 2.05) is 13.8 Å². The first-order valence-electron chi connectivity index (χ1n) is 18.9. The van der Waals surface area contributed by atoms with Gasteiger partial charge in [-0.2, -0.15) is 0 Å². The number of amides is 1. The highest BCUT2D eigenvalue weighted by Gasteiger charge is 2.63. The number of H-pyrrole nitrogens is 1. The lowest BCUT2D eigenvalue weighted by Gasteiger charge is -2.37. The van der Waals surface area contributed by atoms with Crippen molar-refractivity contribution in [3.8, 4) is 0 Å². The number of aromatic nitrogens is 2. The Morgan fingerprint density at radius 3 is 2.24 bits per heavy atom. The zero-order valence-corrected chi connectivity index (χ0v) is 33.4. The van der Waals surface area contributed by atoms with Crippen molar-refractivity contribution in [3.63, 3.8) is 0 Å². The van der Waals surface area contributed by atoms with E-state index in [9.17, 15) is 19.2 Å². The smallest absolute Gasteiger partial charge is 0.407 e. The van der Waals surface area contributed by atoms with Crippen LogP contribution in [-0.4, -0.2) is 119 Å². The number of alkyl carbamates (subject to hydrolysis) is 1. The van der Waals surface area contributed by atoms with Gasteiger partial charge in [0.05, 0.1) is 0 Å². The molecule has 4 saturated heterocycles. The van der Waals surface area contributed by atoms with Crippen LogP contribution in [0, 0.1) is 6.57 Å². The minimum atomic E-state index is -1.26. The first kappa shape index (κ1) is 42.7. The molecule has 4 aliphatic rings. The Hall–Kier alpha value is -3.41. The van der Waals surface area contributed by atoms with Gasteiger partial charge in [-0.25, -0.2) is 16.2 Å². The van der Waals surface area contributed by atoms with Crippen LogP contribution in [0.3, 0.4) is 0 Å². The lowest BCUT2D eigenvalue weighted by atomic mass is 9.98. The van der Waals surface area contributed by atoms with Gasteiger partial charge in [0.1, 0.15) is 60.0 Å². The number of rotatable bonds is 14. The van der Waals surface area contributed by atoms with E-state index in [1.165, 1.54) is 16.8 Å². The highest BCUT2D eigenvalue weighted by Crippen LogP contribution is 2.47. The predicted octanol–water partition coefficient (Wildman–Crippen LogP) is 2.50. The second kappa shape index (κ2) is 16.6. The summed E-state index contributed by atoms with van der Waals surface area (Å²) in [5.74, 6) is -2.80. The van der Waals surface area contributed by atoms with Crippen LogP contribution >= 0.6 is 0 Å². The second-order valence-electron chi connectivity index (χ2n) is 16.6. The highest BCUT2D eigenvalue weighted by atomic mass is 16.8. The second-order valence-corrected chi connectivity index (χ2v) is 16.6. The molecule has 0 radical (unpaired) electrons. The molecule has 4 fully saturated rings. The summed E-state index contributed by atoms with van der Waals surface area (Å²) < 4.78 is 58.3. The molecule has 0 spiro atoms. The first-order valence-corrected chi connectivity index (χ1v) is 18.9. The zero-order valence-electron chi connectivity index (χ0n) is 33.4. The van der Waals surface area contributed by atoms with E-state index in [1.54, 1.807) is 55.4 Å². The number of fused-ring (bicyclic) bond motifs is 2. The summed E-state index contributed by atoms with van der Waals surface area (Å²) in [6.07, 6.45) is -6.67. The predicted molar refractivity (Wildman–Crippen MR) is 194 cm³/mol. The molecule has 1 aromatic rings. The van der Waals surface area contributed by atoms with Crippen molar-refractivity contribution < 1.29 is 52.2 Å². The van der Waals surface area contributed by atoms with Crippen molar-refractivity contribution in [1.82, 2.24) is 20.2 Å².